The molecule has 0 aromatic heterocycles. The third-order valence-electron chi connectivity index (χ3n) is 4.26. The number of nitrogens with one attached hydrogen (secondary N) is 1. The summed E-state index contributed by atoms with van der Waals surface area (Å²) in [6.45, 7) is 4.92. The Morgan fingerprint density at radius 2 is 1.84 bits per heavy atom. The quantitative estimate of drug-likeness (QED) is 0.692. The first-order chi connectivity index (χ1) is 11.9. The van der Waals surface area contributed by atoms with Crippen LogP contribution in [0.25, 0.3) is 0 Å². The number of carbonyl (C=O) groups is 1. The van der Waals surface area contributed by atoms with Gasteiger partial charge in [0.2, 0.25) is 15.9 Å². The lowest BCUT2D eigenvalue weighted by Crippen LogP contribution is -2.51. The predicted octanol–water partition coefficient (Wildman–Crippen LogP) is 1.95. The zero-order valence-electron chi connectivity index (χ0n) is 14.6. The Bertz CT molecular complexity index is 673. The Labute approximate surface area is 155 Å². The lowest BCUT2D eigenvalue weighted by Gasteiger charge is -2.33. The van der Waals surface area contributed by atoms with Crippen molar-refractivity contribution in [3.8, 4) is 0 Å². The number of rotatable bonds is 8. The van der Waals surface area contributed by atoms with Crippen LogP contribution in [0.3, 0.4) is 0 Å². The van der Waals surface area contributed by atoms with E-state index in [0.717, 1.165) is 19.3 Å². The number of nitrogens with zero attached hydrogens (tertiary/aromatic N) is 2. The van der Waals surface area contributed by atoms with E-state index < -0.39 is 10.0 Å². The summed E-state index contributed by atoms with van der Waals surface area (Å²) in [7, 11) is -3.59. The van der Waals surface area contributed by atoms with Gasteiger partial charge in [0.05, 0.1) is 11.6 Å². The van der Waals surface area contributed by atoms with Crippen LogP contribution in [-0.4, -0.2) is 62.8 Å². The Balaban J connectivity index is 1.83. The van der Waals surface area contributed by atoms with Gasteiger partial charge in [-0.1, -0.05) is 43.5 Å². The van der Waals surface area contributed by atoms with Gasteiger partial charge >= 0.3 is 0 Å². The van der Waals surface area contributed by atoms with Crippen LogP contribution >= 0.6 is 11.6 Å². The molecule has 0 spiro atoms. The number of halogens is 1. The maximum atomic E-state index is 12.7. The van der Waals surface area contributed by atoms with Crippen LogP contribution in [0, 0.1) is 0 Å². The molecule has 1 aliphatic heterocycles. The third-order valence-corrected chi connectivity index (χ3v) is 6.65. The second kappa shape index (κ2) is 9.52. The average molecular weight is 388 g/mol. The predicted molar refractivity (Wildman–Crippen MR) is 99.2 cm³/mol. The number of piperazine rings is 1. The Hall–Kier alpha value is -1.15. The molecule has 1 aromatic carbocycles. The van der Waals surface area contributed by atoms with Gasteiger partial charge in [0.25, 0.3) is 0 Å². The van der Waals surface area contributed by atoms with E-state index in [0.29, 0.717) is 39.3 Å². The molecule has 1 heterocycles. The monoisotopic (exact) mass is 387 g/mol. The fourth-order valence-corrected chi connectivity index (χ4v) is 4.70. The van der Waals surface area contributed by atoms with E-state index in [1.165, 1.54) is 10.4 Å². The van der Waals surface area contributed by atoms with E-state index >= 15 is 0 Å². The average Bonchev–Trinajstić information content (AvgIpc) is 2.59. The molecule has 140 valence electrons. The summed E-state index contributed by atoms with van der Waals surface area (Å²) in [5.74, 6) is -0.00138. The van der Waals surface area contributed by atoms with Crippen LogP contribution in [0.1, 0.15) is 26.2 Å². The molecule has 0 bridgehead atoms. The minimum atomic E-state index is -3.59. The zero-order chi connectivity index (χ0) is 18.3. The first-order valence-electron chi connectivity index (χ1n) is 8.69. The topological polar surface area (TPSA) is 69.7 Å². The Kier molecular flexibility index (Phi) is 7.68. The van der Waals surface area contributed by atoms with Gasteiger partial charge in [-0.3, -0.25) is 9.69 Å². The SMILES string of the molecule is CCCCCNC(=O)CN1CCN(S(=O)(=O)c2ccccc2Cl)CC1. The molecule has 1 saturated heterocycles. The first-order valence-corrected chi connectivity index (χ1v) is 10.5. The van der Waals surface area contributed by atoms with Gasteiger partial charge in [0, 0.05) is 32.7 Å². The number of unbranched alkanes of at least 4 members (excludes halogenated alkanes) is 2. The van der Waals surface area contributed by atoms with E-state index in [1.54, 1.807) is 18.2 Å². The molecule has 8 heteroatoms. The van der Waals surface area contributed by atoms with E-state index in [4.69, 9.17) is 11.6 Å². The molecule has 0 saturated carbocycles. The van der Waals surface area contributed by atoms with Crippen molar-refractivity contribution in [2.75, 3.05) is 39.3 Å². The molecule has 0 radical (unpaired) electrons. The summed E-state index contributed by atoms with van der Waals surface area (Å²) in [6.07, 6.45) is 3.22. The van der Waals surface area contributed by atoms with Crippen LogP contribution < -0.4 is 5.32 Å². The third kappa shape index (κ3) is 5.67. The molecular weight excluding hydrogens is 362 g/mol. The zero-order valence-corrected chi connectivity index (χ0v) is 16.2. The second-order valence-corrected chi connectivity index (χ2v) is 8.48. The van der Waals surface area contributed by atoms with Crippen molar-refractivity contribution in [2.45, 2.75) is 31.1 Å². The molecule has 0 unspecified atom stereocenters. The molecule has 1 aliphatic rings. The highest BCUT2D eigenvalue weighted by molar-refractivity contribution is 7.89. The van der Waals surface area contributed by atoms with Crippen LogP contribution in [0.15, 0.2) is 29.2 Å². The molecule has 2 rings (SSSR count). The van der Waals surface area contributed by atoms with Gasteiger partial charge in [-0.05, 0) is 18.6 Å². The van der Waals surface area contributed by atoms with Crippen molar-refractivity contribution in [1.29, 1.82) is 0 Å². The fourth-order valence-electron chi connectivity index (χ4n) is 2.78. The summed E-state index contributed by atoms with van der Waals surface area (Å²) in [4.78, 5) is 14.0. The Morgan fingerprint density at radius 1 is 1.16 bits per heavy atom. The summed E-state index contributed by atoms with van der Waals surface area (Å²) in [5.41, 5.74) is 0. The minimum absolute atomic E-state index is 0.00138. The molecule has 25 heavy (non-hydrogen) atoms. The van der Waals surface area contributed by atoms with Gasteiger partial charge in [-0.25, -0.2) is 8.42 Å². The van der Waals surface area contributed by atoms with Gasteiger partial charge in [0.15, 0.2) is 0 Å². The van der Waals surface area contributed by atoms with Crippen molar-refractivity contribution in [3.63, 3.8) is 0 Å². The molecule has 1 fully saturated rings. The number of benzene rings is 1. The highest BCUT2D eigenvalue weighted by Gasteiger charge is 2.30. The lowest BCUT2D eigenvalue weighted by atomic mass is 10.2. The minimum Gasteiger partial charge on any atom is -0.355 e. The fraction of sp³-hybridized carbons (Fsp3) is 0.588. The highest BCUT2D eigenvalue weighted by atomic mass is 35.5. The molecule has 1 aromatic rings. The van der Waals surface area contributed by atoms with E-state index in [9.17, 15) is 13.2 Å². The van der Waals surface area contributed by atoms with Crippen molar-refractivity contribution < 1.29 is 13.2 Å². The number of hydrogen-bond acceptors (Lipinski definition) is 4. The van der Waals surface area contributed by atoms with Gasteiger partial charge in [0.1, 0.15) is 4.90 Å². The standard InChI is InChI=1S/C17H26ClN3O3S/c1-2-3-6-9-19-17(22)14-20-10-12-21(13-11-20)25(23,24)16-8-5-4-7-15(16)18/h4-5,7-8H,2-3,6,9-14H2,1H3,(H,19,22). The molecule has 6 nitrogen and oxygen atoms in total. The summed E-state index contributed by atoms with van der Waals surface area (Å²) in [6, 6.07) is 6.47. The van der Waals surface area contributed by atoms with E-state index in [-0.39, 0.29) is 15.8 Å². The summed E-state index contributed by atoms with van der Waals surface area (Å²) >= 11 is 6.03. The number of carbonyl (C=O) groups excluding carboxylic acids is 1. The van der Waals surface area contributed by atoms with Gasteiger partial charge < -0.3 is 5.32 Å². The number of sulfonamides is 1. The van der Waals surface area contributed by atoms with Crippen LogP contribution in [0.5, 0.6) is 0 Å². The van der Waals surface area contributed by atoms with Crippen molar-refractivity contribution in [1.82, 2.24) is 14.5 Å². The largest absolute Gasteiger partial charge is 0.355 e. The molecular formula is C17H26ClN3O3S. The van der Waals surface area contributed by atoms with E-state index in [1.807, 2.05) is 4.90 Å². The molecule has 1 N–H and O–H groups in total. The molecule has 0 atom stereocenters. The number of amides is 1. The molecule has 1 amide bonds. The lowest BCUT2D eigenvalue weighted by molar-refractivity contribution is -0.122. The van der Waals surface area contributed by atoms with Crippen molar-refractivity contribution in [3.05, 3.63) is 29.3 Å². The maximum Gasteiger partial charge on any atom is 0.244 e. The van der Waals surface area contributed by atoms with Gasteiger partial charge in [-0.15, -0.1) is 0 Å². The van der Waals surface area contributed by atoms with E-state index in [2.05, 4.69) is 12.2 Å². The van der Waals surface area contributed by atoms with Crippen LogP contribution in [0.2, 0.25) is 5.02 Å². The summed E-state index contributed by atoms with van der Waals surface area (Å²) in [5, 5.41) is 3.14. The highest BCUT2D eigenvalue weighted by Crippen LogP contribution is 2.24. The van der Waals surface area contributed by atoms with Crippen LogP contribution in [-0.2, 0) is 14.8 Å². The van der Waals surface area contributed by atoms with Crippen molar-refractivity contribution >= 4 is 27.5 Å². The normalized spacial score (nSPS) is 16.7. The first kappa shape index (κ1) is 20.2. The summed E-state index contributed by atoms with van der Waals surface area (Å²) < 4.78 is 26.8. The van der Waals surface area contributed by atoms with Crippen LogP contribution in [0.4, 0.5) is 0 Å². The maximum absolute atomic E-state index is 12.7. The Morgan fingerprint density at radius 3 is 2.48 bits per heavy atom. The van der Waals surface area contributed by atoms with Gasteiger partial charge in [-0.2, -0.15) is 4.31 Å². The number of hydrogen-bond donors (Lipinski definition) is 1. The van der Waals surface area contributed by atoms with Crippen molar-refractivity contribution in [2.24, 2.45) is 0 Å². The smallest absolute Gasteiger partial charge is 0.244 e. The second-order valence-electron chi connectivity index (χ2n) is 6.17. The molecule has 0 aliphatic carbocycles.